The molecule has 1 aromatic rings. The second kappa shape index (κ2) is 5.69. The van der Waals surface area contributed by atoms with Crippen molar-refractivity contribution in [2.75, 3.05) is 0 Å². The van der Waals surface area contributed by atoms with Gasteiger partial charge in [-0.15, -0.1) is 0 Å². The van der Waals surface area contributed by atoms with E-state index in [9.17, 15) is 0 Å². The lowest BCUT2D eigenvalue weighted by Gasteiger charge is -1.93. The van der Waals surface area contributed by atoms with Crippen molar-refractivity contribution in [1.29, 1.82) is 10.5 Å². The van der Waals surface area contributed by atoms with Gasteiger partial charge in [0.25, 0.3) is 0 Å². The first-order valence-corrected chi connectivity index (χ1v) is 5.06. The number of hydrogen-bond donors (Lipinski definition) is 1. The Bertz CT molecular complexity index is 514. The van der Waals surface area contributed by atoms with Crippen molar-refractivity contribution in [3.8, 4) is 12.1 Å². The highest BCUT2D eigenvalue weighted by Gasteiger charge is 1.98. The Morgan fingerprint density at radius 3 is 2.38 bits per heavy atom. The van der Waals surface area contributed by atoms with Gasteiger partial charge in [0.15, 0.2) is 5.70 Å². The lowest BCUT2D eigenvalue weighted by atomic mass is 10.2. The van der Waals surface area contributed by atoms with E-state index in [1.165, 1.54) is 6.21 Å². The minimum Gasteiger partial charge on any atom is -0.388 e. The molecule has 1 aromatic carbocycles. The van der Waals surface area contributed by atoms with Crippen molar-refractivity contribution in [3.63, 3.8) is 0 Å². The molecular formula is C11H7BrN4. The van der Waals surface area contributed by atoms with Crippen molar-refractivity contribution < 1.29 is 0 Å². The molecule has 0 aliphatic rings. The fraction of sp³-hybridized carbons (Fsp3) is 0. The molecule has 0 amide bonds. The number of hydrogen-bond acceptors (Lipinski definition) is 4. The van der Waals surface area contributed by atoms with Crippen LogP contribution in [0.25, 0.3) is 0 Å². The number of rotatable bonds is 2. The van der Waals surface area contributed by atoms with Crippen LogP contribution < -0.4 is 5.73 Å². The third kappa shape index (κ3) is 3.23. The monoisotopic (exact) mass is 274 g/mol. The molecule has 0 radical (unpaired) electrons. The van der Waals surface area contributed by atoms with Gasteiger partial charge in [-0.05, 0) is 17.7 Å². The second-order valence-electron chi connectivity index (χ2n) is 2.80. The van der Waals surface area contributed by atoms with Crippen LogP contribution in [0.5, 0.6) is 0 Å². The van der Waals surface area contributed by atoms with Gasteiger partial charge in [0.05, 0.1) is 0 Å². The van der Waals surface area contributed by atoms with E-state index in [-0.39, 0.29) is 11.4 Å². The molecule has 0 spiro atoms. The largest absolute Gasteiger partial charge is 0.388 e. The smallest absolute Gasteiger partial charge is 0.174 e. The van der Waals surface area contributed by atoms with Crippen LogP contribution in [0.15, 0.2) is 45.1 Å². The van der Waals surface area contributed by atoms with Crippen molar-refractivity contribution in [2.24, 2.45) is 10.7 Å². The third-order valence-electron chi connectivity index (χ3n) is 1.69. The molecule has 16 heavy (non-hydrogen) atoms. The predicted octanol–water partition coefficient (Wildman–Crippen LogP) is 2.09. The van der Waals surface area contributed by atoms with Crippen LogP contribution in [0, 0.1) is 22.7 Å². The Balaban J connectivity index is 2.94. The zero-order valence-electron chi connectivity index (χ0n) is 8.18. The van der Waals surface area contributed by atoms with Crippen LogP contribution >= 0.6 is 15.9 Å². The maximum Gasteiger partial charge on any atom is 0.174 e. The van der Waals surface area contributed by atoms with E-state index in [1.54, 1.807) is 12.1 Å². The van der Waals surface area contributed by atoms with E-state index >= 15 is 0 Å². The molecule has 2 N–H and O–H groups in total. The highest BCUT2D eigenvalue weighted by atomic mass is 79.9. The zero-order chi connectivity index (χ0) is 12.0. The third-order valence-corrected chi connectivity index (χ3v) is 2.22. The average Bonchev–Trinajstić information content (AvgIpc) is 2.31. The van der Waals surface area contributed by atoms with Crippen LogP contribution in [-0.2, 0) is 0 Å². The Hall–Kier alpha value is -2.11. The summed E-state index contributed by atoms with van der Waals surface area (Å²) < 4.78 is 0.956. The summed E-state index contributed by atoms with van der Waals surface area (Å²) in [7, 11) is 0. The fourth-order valence-corrected chi connectivity index (χ4v) is 1.16. The molecule has 0 aliphatic carbocycles. The molecule has 0 heterocycles. The van der Waals surface area contributed by atoms with Gasteiger partial charge in [0, 0.05) is 10.7 Å². The van der Waals surface area contributed by atoms with Crippen LogP contribution in [0.2, 0.25) is 0 Å². The van der Waals surface area contributed by atoms with Gasteiger partial charge < -0.3 is 5.73 Å². The number of aliphatic imine (C=N–C) groups is 1. The van der Waals surface area contributed by atoms with Gasteiger partial charge in [-0.1, -0.05) is 28.1 Å². The summed E-state index contributed by atoms with van der Waals surface area (Å²) in [4.78, 5) is 3.84. The summed E-state index contributed by atoms with van der Waals surface area (Å²) >= 11 is 3.30. The molecule has 0 aliphatic heterocycles. The predicted molar refractivity (Wildman–Crippen MR) is 64.2 cm³/mol. The lowest BCUT2D eigenvalue weighted by molar-refractivity contribution is 1.27. The van der Waals surface area contributed by atoms with Gasteiger partial charge in [-0.3, -0.25) is 0 Å². The number of allylic oxidation sites excluding steroid dienone is 2. The molecule has 0 atom stereocenters. The van der Waals surface area contributed by atoms with E-state index in [2.05, 4.69) is 20.9 Å². The Morgan fingerprint density at radius 2 is 1.88 bits per heavy atom. The standard InChI is InChI=1S/C11H7BrN4/c12-9-3-1-8(2-4-9)7-16-11(6-14)10(15)5-13/h1-4,7H,15H2/b11-10+,16-7?. The zero-order valence-corrected chi connectivity index (χ0v) is 9.77. The Labute approximate surface area is 101 Å². The van der Waals surface area contributed by atoms with Crippen molar-refractivity contribution in [3.05, 3.63) is 45.7 Å². The quantitative estimate of drug-likeness (QED) is 0.662. The van der Waals surface area contributed by atoms with Crippen molar-refractivity contribution >= 4 is 22.1 Å². The van der Waals surface area contributed by atoms with E-state index < -0.39 is 0 Å². The normalized spacial score (nSPS) is 11.7. The minimum atomic E-state index is -0.184. The molecule has 0 bridgehead atoms. The van der Waals surface area contributed by atoms with E-state index in [4.69, 9.17) is 16.3 Å². The summed E-state index contributed by atoms with van der Waals surface area (Å²) in [5.41, 5.74) is 5.85. The van der Waals surface area contributed by atoms with E-state index in [0.29, 0.717) is 0 Å². The topological polar surface area (TPSA) is 86.0 Å². The first kappa shape index (κ1) is 12.0. The van der Waals surface area contributed by atoms with Crippen molar-refractivity contribution in [1.82, 2.24) is 0 Å². The van der Waals surface area contributed by atoms with Gasteiger partial charge in [0.2, 0.25) is 0 Å². The van der Waals surface area contributed by atoms with Crippen LogP contribution in [-0.4, -0.2) is 6.21 Å². The number of benzene rings is 1. The number of nitriles is 2. The fourth-order valence-electron chi connectivity index (χ4n) is 0.900. The Kier molecular flexibility index (Phi) is 4.26. The summed E-state index contributed by atoms with van der Waals surface area (Å²) in [5, 5.41) is 17.2. The van der Waals surface area contributed by atoms with E-state index in [1.807, 2.05) is 24.3 Å². The molecule has 0 unspecified atom stereocenters. The van der Waals surface area contributed by atoms with Crippen molar-refractivity contribution in [2.45, 2.75) is 0 Å². The summed E-state index contributed by atoms with van der Waals surface area (Å²) in [5.74, 6) is 0. The minimum absolute atomic E-state index is 0.0783. The SMILES string of the molecule is N#C/C(N)=C(/C#N)N=Cc1ccc(Br)cc1. The molecular weight excluding hydrogens is 268 g/mol. The molecule has 0 saturated heterocycles. The van der Waals surface area contributed by atoms with Gasteiger partial charge in [-0.25, -0.2) is 4.99 Å². The summed E-state index contributed by atoms with van der Waals surface area (Å²) in [6, 6.07) is 10.8. The molecule has 1 rings (SSSR count). The highest BCUT2D eigenvalue weighted by molar-refractivity contribution is 9.10. The summed E-state index contributed by atoms with van der Waals surface area (Å²) in [6.07, 6.45) is 1.48. The Morgan fingerprint density at radius 1 is 1.25 bits per heavy atom. The van der Waals surface area contributed by atoms with Gasteiger partial charge >= 0.3 is 0 Å². The molecule has 78 valence electrons. The lowest BCUT2D eigenvalue weighted by Crippen LogP contribution is -1.97. The number of nitrogens with zero attached hydrogens (tertiary/aromatic N) is 3. The molecule has 0 saturated carbocycles. The molecule has 5 heteroatoms. The maximum absolute atomic E-state index is 8.69. The second-order valence-corrected chi connectivity index (χ2v) is 3.71. The highest BCUT2D eigenvalue weighted by Crippen LogP contribution is 2.09. The first-order valence-electron chi connectivity index (χ1n) is 4.27. The van der Waals surface area contributed by atoms with Crippen LogP contribution in [0.3, 0.4) is 0 Å². The van der Waals surface area contributed by atoms with Crippen LogP contribution in [0.4, 0.5) is 0 Å². The molecule has 0 fully saturated rings. The number of nitrogens with two attached hydrogens (primary N) is 1. The number of halogens is 1. The summed E-state index contributed by atoms with van der Waals surface area (Å²) in [6.45, 7) is 0. The molecule has 0 aromatic heterocycles. The van der Waals surface area contributed by atoms with Gasteiger partial charge in [-0.2, -0.15) is 10.5 Å². The van der Waals surface area contributed by atoms with Crippen LogP contribution in [0.1, 0.15) is 5.56 Å². The molecule has 4 nitrogen and oxygen atoms in total. The first-order chi connectivity index (χ1) is 7.67. The van der Waals surface area contributed by atoms with E-state index in [0.717, 1.165) is 10.0 Å². The average molecular weight is 275 g/mol. The maximum atomic E-state index is 8.69. The van der Waals surface area contributed by atoms with Gasteiger partial charge in [0.1, 0.15) is 17.8 Å².